The molecule has 3 rings (SSSR count). The standard InChI is InChI=1S/C14H24N6/c1-3-11-12-13(18(2)17-11)20(14(15)16-12)10-6-9-19-7-4-5-8-19/h3-10H2,1-2H3,(H2,15,16). The van der Waals surface area contributed by atoms with Gasteiger partial charge in [0.1, 0.15) is 5.52 Å². The molecule has 2 N–H and O–H groups in total. The Kier molecular flexibility index (Phi) is 3.65. The van der Waals surface area contributed by atoms with Crippen molar-refractivity contribution in [2.75, 3.05) is 25.4 Å². The second-order valence-corrected chi connectivity index (χ2v) is 5.62. The Morgan fingerprint density at radius 1 is 1.20 bits per heavy atom. The van der Waals surface area contributed by atoms with Crippen LogP contribution in [0.5, 0.6) is 0 Å². The van der Waals surface area contributed by atoms with E-state index in [4.69, 9.17) is 5.73 Å². The predicted octanol–water partition coefficient (Wildman–Crippen LogP) is 1.40. The van der Waals surface area contributed by atoms with Gasteiger partial charge in [0.25, 0.3) is 0 Å². The number of fused-ring (bicyclic) bond motifs is 1. The number of likely N-dealkylation sites (tertiary alicyclic amines) is 1. The zero-order chi connectivity index (χ0) is 14.1. The van der Waals surface area contributed by atoms with Crippen molar-refractivity contribution in [3.63, 3.8) is 0 Å². The lowest BCUT2D eigenvalue weighted by molar-refractivity contribution is 0.326. The molecule has 1 aliphatic heterocycles. The zero-order valence-corrected chi connectivity index (χ0v) is 12.5. The Labute approximate surface area is 119 Å². The quantitative estimate of drug-likeness (QED) is 0.896. The number of nitrogens with two attached hydrogens (primary N) is 1. The highest BCUT2D eigenvalue weighted by molar-refractivity contribution is 5.77. The molecule has 1 saturated heterocycles. The molecule has 1 aliphatic rings. The monoisotopic (exact) mass is 276 g/mol. The molecule has 2 aromatic heterocycles. The molecule has 0 atom stereocenters. The van der Waals surface area contributed by atoms with Crippen LogP contribution in [-0.2, 0) is 20.0 Å². The summed E-state index contributed by atoms with van der Waals surface area (Å²) in [4.78, 5) is 7.03. The first kappa shape index (κ1) is 13.4. The molecule has 0 unspecified atom stereocenters. The minimum absolute atomic E-state index is 0.615. The summed E-state index contributed by atoms with van der Waals surface area (Å²) in [5, 5.41) is 4.52. The maximum atomic E-state index is 6.08. The van der Waals surface area contributed by atoms with E-state index < -0.39 is 0 Å². The minimum atomic E-state index is 0.615. The lowest BCUT2D eigenvalue weighted by atomic mass is 10.3. The second-order valence-electron chi connectivity index (χ2n) is 5.62. The van der Waals surface area contributed by atoms with E-state index in [0.29, 0.717) is 5.95 Å². The fourth-order valence-electron chi connectivity index (χ4n) is 3.18. The normalized spacial score (nSPS) is 16.5. The van der Waals surface area contributed by atoms with Crippen LogP contribution in [0.4, 0.5) is 5.95 Å². The minimum Gasteiger partial charge on any atom is -0.369 e. The van der Waals surface area contributed by atoms with Crippen LogP contribution in [0.3, 0.4) is 0 Å². The van der Waals surface area contributed by atoms with Crippen LogP contribution in [0.25, 0.3) is 11.2 Å². The van der Waals surface area contributed by atoms with Gasteiger partial charge in [0.15, 0.2) is 5.65 Å². The van der Waals surface area contributed by atoms with Gasteiger partial charge in [-0.2, -0.15) is 5.10 Å². The first-order valence-electron chi connectivity index (χ1n) is 7.60. The van der Waals surface area contributed by atoms with Crippen molar-refractivity contribution in [2.24, 2.45) is 7.05 Å². The van der Waals surface area contributed by atoms with Gasteiger partial charge in [0.2, 0.25) is 5.95 Å². The van der Waals surface area contributed by atoms with Crippen molar-refractivity contribution in [2.45, 2.75) is 39.2 Å². The summed E-state index contributed by atoms with van der Waals surface area (Å²) in [5.41, 5.74) is 9.14. The highest BCUT2D eigenvalue weighted by atomic mass is 15.3. The molecule has 0 aliphatic carbocycles. The average molecular weight is 276 g/mol. The third-order valence-corrected chi connectivity index (χ3v) is 4.21. The SMILES string of the molecule is CCc1nn(C)c2c1nc(N)n2CCCN1CCCC1. The van der Waals surface area contributed by atoms with E-state index in [0.717, 1.165) is 42.8 Å². The van der Waals surface area contributed by atoms with Gasteiger partial charge in [-0.25, -0.2) is 4.98 Å². The summed E-state index contributed by atoms with van der Waals surface area (Å²) in [6.45, 7) is 6.67. The fourth-order valence-corrected chi connectivity index (χ4v) is 3.18. The van der Waals surface area contributed by atoms with Gasteiger partial charge in [-0.15, -0.1) is 0 Å². The topological polar surface area (TPSA) is 64.9 Å². The smallest absolute Gasteiger partial charge is 0.202 e. The number of rotatable bonds is 5. The number of hydrogen-bond acceptors (Lipinski definition) is 4. The van der Waals surface area contributed by atoms with Crippen molar-refractivity contribution in [3.8, 4) is 0 Å². The van der Waals surface area contributed by atoms with Crippen LogP contribution in [0.1, 0.15) is 31.9 Å². The van der Waals surface area contributed by atoms with Gasteiger partial charge >= 0.3 is 0 Å². The third kappa shape index (κ3) is 2.28. The molecule has 110 valence electrons. The molecule has 6 heteroatoms. The van der Waals surface area contributed by atoms with Gasteiger partial charge < -0.3 is 10.6 Å². The average Bonchev–Trinajstić information content (AvgIpc) is 3.10. The van der Waals surface area contributed by atoms with E-state index in [9.17, 15) is 0 Å². The number of anilines is 1. The summed E-state index contributed by atoms with van der Waals surface area (Å²) < 4.78 is 4.02. The van der Waals surface area contributed by atoms with Crippen LogP contribution in [0.2, 0.25) is 0 Å². The highest BCUT2D eigenvalue weighted by Gasteiger charge is 2.17. The van der Waals surface area contributed by atoms with Crippen LogP contribution < -0.4 is 5.73 Å². The Morgan fingerprint density at radius 2 is 1.95 bits per heavy atom. The number of hydrogen-bond donors (Lipinski definition) is 1. The van der Waals surface area contributed by atoms with Crippen LogP contribution in [-0.4, -0.2) is 43.9 Å². The summed E-state index contributed by atoms with van der Waals surface area (Å²) >= 11 is 0. The Morgan fingerprint density at radius 3 is 2.65 bits per heavy atom. The van der Waals surface area contributed by atoms with E-state index in [1.54, 1.807) is 0 Å². The van der Waals surface area contributed by atoms with Gasteiger partial charge in [0.05, 0.1) is 5.69 Å². The molecule has 0 radical (unpaired) electrons. The van der Waals surface area contributed by atoms with Gasteiger partial charge in [-0.3, -0.25) is 9.25 Å². The predicted molar refractivity (Wildman–Crippen MR) is 80.6 cm³/mol. The van der Waals surface area contributed by atoms with Crippen molar-refractivity contribution in [1.29, 1.82) is 0 Å². The van der Waals surface area contributed by atoms with Crippen molar-refractivity contribution in [1.82, 2.24) is 24.2 Å². The molecule has 0 amide bonds. The highest BCUT2D eigenvalue weighted by Crippen LogP contribution is 2.21. The Hall–Kier alpha value is -1.56. The van der Waals surface area contributed by atoms with E-state index >= 15 is 0 Å². The maximum Gasteiger partial charge on any atom is 0.202 e. The van der Waals surface area contributed by atoms with Crippen LogP contribution >= 0.6 is 0 Å². The van der Waals surface area contributed by atoms with E-state index in [1.807, 2.05) is 11.7 Å². The van der Waals surface area contributed by atoms with Crippen molar-refractivity contribution < 1.29 is 0 Å². The number of imidazole rings is 1. The Balaban J connectivity index is 1.76. The number of aromatic nitrogens is 4. The lowest BCUT2D eigenvalue weighted by Gasteiger charge is -2.14. The van der Waals surface area contributed by atoms with E-state index in [-0.39, 0.29) is 0 Å². The molecule has 20 heavy (non-hydrogen) atoms. The van der Waals surface area contributed by atoms with E-state index in [2.05, 4.69) is 26.5 Å². The molecule has 6 nitrogen and oxygen atoms in total. The molecule has 2 aromatic rings. The molecule has 3 heterocycles. The van der Waals surface area contributed by atoms with Crippen molar-refractivity contribution in [3.05, 3.63) is 5.69 Å². The summed E-state index contributed by atoms with van der Waals surface area (Å²) in [6.07, 6.45) is 4.70. The van der Waals surface area contributed by atoms with Crippen LogP contribution in [0.15, 0.2) is 0 Å². The second kappa shape index (κ2) is 5.44. The molecule has 0 bridgehead atoms. The Bertz CT molecular complexity index is 590. The zero-order valence-electron chi connectivity index (χ0n) is 12.5. The molecule has 0 spiro atoms. The van der Waals surface area contributed by atoms with Gasteiger partial charge in [-0.05, 0) is 45.3 Å². The molecule has 1 fully saturated rings. The third-order valence-electron chi connectivity index (χ3n) is 4.21. The summed E-state index contributed by atoms with van der Waals surface area (Å²) in [7, 11) is 1.97. The fraction of sp³-hybridized carbons (Fsp3) is 0.714. The first-order chi connectivity index (χ1) is 9.70. The molecule has 0 aromatic carbocycles. The van der Waals surface area contributed by atoms with E-state index in [1.165, 1.54) is 25.9 Å². The number of aryl methyl sites for hydroxylation is 3. The molecular formula is C14H24N6. The van der Waals surface area contributed by atoms with Gasteiger partial charge in [-0.1, -0.05) is 6.92 Å². The lowest BCUT2D eigenvalue weighted by Crippen LogP contribution is -2.22. The van der Waals surface area contributed by atoms with Crippen LogP contribution in [0, 0.1) is 0 Å². The largest absolute Gasteiger partial charge is 0.369 e. The molecular weight excluding hydrogens is 252 g/mol. The number of nitrogen functional groups attached to an aromatic ring is 1. The maximum absolute atomic E-state index is 6.08. The summed E-state index contributed by atoms with van der Waals surface area (Å²) in [6, 6.07) is 0. The first-order valence-corrected chi connectivity index (χ1v) is 7.60. The summed E-state index contributed by atoms with van der Waals surface area (Å²) in [5.74, 6) is 0.615. The van der Waals surface area contributed by atoms with Crippen molar-refractivity contribution >= 4 is 17.1 Å². The molecule has 0 saturated carbocycles. The number of nitrogens with zero attached hydrogens (tertiary/aromatic N) is 5. The van der Waals surface area contributed by atoms with Gasteiger partial charge in [0, 0.05) is 13.6 Å².